The van der Waals surface area contributed by atoms with Crippen molar-refractivity contribution >= 4 is 27.4 Å². The minimum Gasteiger partial charge on any atom is -0.478 e. The second kappa shape index (κ2) is 6.16. The van der Waals surface area contributed by atoms with Crippen LogP contribution in [-0.4, -0.2) is 25.2 Å². The Hall–Kier alpha value is -1.40. The number of allylic oxidation sites excluding steroid dienone is 1. The van der Waals surface area contributed by atoms with E-state index >= 15 is 0 Å². The van der Waals surface area contributed by atoms with Gasteiger partial charge in [0.2, 0.25) is 0 Å². The van der Waals surface area contributed by atoms with Crippen LogP contribution in [0.2, 0.25) is 5.02 Å². The van der Waals surface area contributed by atoms with E-state index in [1.807, 2.05) is 0 Å². The van der Waals surface area contributed by atoms with Gasteiger partial charge < -0.3 is 5.11 Å². The summed E-state index contributed by atoms with van der Waals surface area (Å²) in [5.41, 5.74) is -0.566. The summed E-state index contributed by atoms with van der Waals surface area (Å²) < 4.78 is 37.3. The van der Waals surface area contributed by atoms with E-state index in [0.29, 0.717) is 12.8 Å². The number of carboxylic acids is 1. The zero-order valence-corrected chi connectivity index (χ0v) is 11.5. The molecule has 0 aliphatic heterocycles. The van der Waals surface area contributed by atoms with Gasteiger partial charge in [-0.2, -0.15) is 0 Å². The molecule has 0 aromatic heterocycles. The summed E-state index contributed by atoms with van der Waals surface area (Å²) in [6.45, 7) is 3.47. The molecule has 19 heavy (non-hydrogen) atoms. The Bertz CT molecular complexity index is 610. The second-order valence-electron chi connectivity index (χ2n) is 3.82. The van der Waals surface area contributed by atoms with Crippen LogP contribution in [0.25, 0.3) is 0 Å². The quantitative estimate of drug-likeness (QED) is 0.648. The zero-order valence-electron chi connectivity index (χ0n) is 9.90. The maximum atomic E-state index is 13.4. The van der Waals surface area contributed by atoms with E-state index in [0.717, 1.165) is 12.1 Å². The topological polar surface area (TPSA) is 71.4 Å². The molecule has 0 fully saturated rings. The summed E-state index contributed by atoms with van der Waals surface area (Å²) in [5.74, 6) is -2.75. The van der Waals surface area contributed by atoms with Crippen molar-refractivity contribution in [3.8, 4) is 0 Å². The van der Waals surface area contributed by atoms with Gasteiger partial charge in [-0.25, -0.2) is 17.6 Å². The molecule has 0 unspecified atom stereocenters. The standard InChI is InChI=1S/C12H12ClFO4S/c1-2-3-4-5-19(17,18)8-6-9(12(15)16)11(13)10(14)7-8/h2,6-7H,1,3-5H2,(H,15,16). The van der Waals surface area contributed by atoms with E-state index in [1.54, 1.807) is 6.08 Å². The summed E-state index contributed by atoms with van der Waals surface area (Å²) in [5, 5.41) is 8.24. The van der Waals surface area contributed by atoms with E-state index in [4.69, 9.17) is 16.7 Å². The van der Waals surface area contributed by atoms with Crippen LogP contribution in [-0.2, 0) is 9.84 Å². The van der Waals surface area contributed by atoms with Crippen molar-refractivity contribution in [2.75, 3.05) is 5.75 Å². The molecule has 1 aromatic rings. The first kappa shape index (κ1) is 15.7. The molecule has 0 aliphatic carbocycles. The number of carbonyl (C=O) groups is 1. The normalized spacial score (nSPS) is 11.3. The Labute approximate surface area is 115 Å². The number of hydrogen-bond donors (Lipinski definition) is 1. The molecule has 0 heterocycles. The number of halogens is 2. The van der Waals surface area contributed by atoms with Crippen LogP contribution in [0.4, 0.5) is 4.39 Å². The van der Waals surface area contributed by atoms with Crippen LogP contribution in [0.1, 0.15) is 23.2 Å². The lowest BCUT2D eigenvalue weighted by Gasteiger charge is -2.07. The third kappa shape index (κ3) is 3.78. The molecule has 1 N–H and O–H groups in total. The number of hydrogen-bond acceptors (Lipinski definition) is 3. The lowest BCUT2D eigenvalue weighted by Crippen LogP contribution is -2.09. The largest absolute Gasteiger partial charge is 0.478 e. The fraction of sp³-hybridized carbons (Fsp3) is 0.250. The molecule has 0 spiro atoms. The van der Waals surface area contributed by atoms with E-state index in [-0.39, 0.29) is 10.6 Å². The first-order valence-corrected chi connectivity index (χ1v) is 7.38. The van der Waals surface area contributed by atoms with Crippen LogP contribution in [0.3, 0.4) is 0 Å². The van der Waals surface area contributed by atoms with Crippen LogP contribution in [0.5, 0.6) is 0 Å². The van der Waals surface area contributed by atoms with Gasteiger partial charge in [-0.05, 0) is 25.0 Å². The lowest BCUT2D eigenvalue weighted by atomic mass is 10.2. The third-order valence-electron chi connectivity index (χ3n) is 2.41. The van der Waals surface area contributed by atoms with Crippen molar-refractivity contribution in [3.63, 3.8) is 0 Å². The molecule has 0 bridgehead atoms. The number of carboxylic acid groups (broad SMARTS) is 1. The van der Waals surface area contributed by atoms with E-state index in [2.05, 4.69) is 6.58 Å². The molecule has 0 amide bonds. The van der Waals surface area contributed by atoms with Crippen molar-refractivity contribution < 1.29 is 22.7 Å². The number of sulfone groups is 1. The van der Waals surface area contributed by atoms with E-state index < -0.39 is 32.2 Å². The van der Waals surface area contributed by atoms with Crippen molar-refractivity contribution in [1.29, 1.82) is 0 Å². The maximum absolute atomic E-state index is 13.4. The van der Waals surface area contributed by atoms with Crippen molar-refractivity contribution in [3.05, 3.63) is 41.2 Å². The van der Waals surface area contributed by atoms with E-state index in [1.165, 1.54) is 0 Å². The SMILES string of the molecule is C=CCCCS(=O)(=O)c1cc(F)c(Cl)c(C(=O)O)c1. The summed E-state index contributed by atoms with van der Waals surface area (Å²) in [7, 11) is -3.74. The molecule has 0 aliphatic rings. The zero-order chi connectivity index (χ0) is 14.6. The summed E-state index contributed by atoms with van der Waals surface area (Å²) in [6.07, 6.45) is 2.40. The molecule has 7 heteroatoms. The Morgan fingerprint density at radius 2 is 2.11 bits per heavy atom. The Kier molecular flexibility index (Phi) is 5.08. The molecule has 0 radical (unpaired) electrons. The molecular weight excluding hydrogens is 295 g/mol. The van der Waals surface area contributed by atoms with Gasteiger partial charge in [-0.15, -0.1) is 6.58 Å². The van der Waals surface area contributed by atoms with Gasteiger partial charge >= 0.3 is 5.97 Å². The minimum atomic E-state index is -3.74. The number of aromatic carboxylic acids is 1. The predicted molar refractivity (Wildman–Crippen MR) is 69.9 cm³/mol. The van der Waals surface area contributed by atoms with Gasteiger partial charge in [-0.1, -0.05) is 17.7 Å². The fourth-order valence-electron chi connectivity index (χ4n) is 1.43. The summed E-state index contributed by atoms with van der Waals surface area (Å²) >= 11 is 5.47. The van der Waals surface area contributed by atoms with Gasteiger partial charge in [0.15, 0.2) is 9.84 Å². The Morgan fingerprint density at radius 1 is 1.47 bits per heavy atom. The Morgan fingerprint density at radius 3 is 2.63 bits per heavy atom. The monoisotopic (exact) mass is 306 g/mol. The van der Waals surface area contributed by atoms with Gasteiger partial charge in [0, 0.05) is 0 Å². The molecule has 0 atom stereocenters. The average molecular weight is 307 g/mol. The third-order valence-corrected chi connectivity index (χ3v) is 4.58. The van der Waals surface area contributed by atoms with Crippen molar-refractivity contribution in [2.45, 2.75) is 17.7 Å². The highest BCUT2D eigenvalue weighted by molar-refractivity contribution is 7.91. The van der Waals surface area contributed by atoms with Crippen LogP contribution >= 0.6 is 11.6 Å². The molecular formula is C12H12ClFO4S. The molecule has 104 valence electrons. The number of unbranched alkanes of at least 4 members (excludes halogenated alkanes) is 1. The van der Waals surface area contributed by atoms with Gasteiger partial charge in [-0.3, -0.25) is 0 Å². The van der Waals surface area contributed by atoms with E-state index in [9.17, 15) is 17.6 Å². The van der Waals surface area contributed by atoms with Crippen LogP contribution in [0.15, 0.2) is 29.7 Å². The minimum absolute atomic E-state index is 0.209. The average Bonchev–Trinajstić information content (AvgIpc) is 2.32. The number of rotatable bonds is 6. The van der Waals surface area contributed by atoms with Crippen molar-refractivity contribution in [2.24, 2.45) is 0 Å². The summed E-state index contributed by atoms with van der Waals surface area (Å²) in [6, 6.07) is 1.61. The van der Waals surface area contributed by atoms with Crippen LogP contribution in [0, 0.1) is 5.82 Å². The first-order valence-electron chi connectivity index (χ1n) is 5.35. The highest BCUT2D eigenvalue weighted by atomic mass is 35.5. The fourth-order valence-corrected chi connectivity index (χ4v) is 2.99. The van der Waals surface area contributed by atoms with Crippen LogP contribution < -0.4 is 0 Å². The van der Waals surface area contributed by atoms with Gasteiger partial charge in [0.25, 0.3) is 0 Å². The van der Waals surface area contributed by atoms with Gasteiger partial charge in [0.1, 0.15) is 5.82 Å². The lowest BCUT2D eigenvalue weighted by molar-refractivity contribution is 0.0696. The Balaban J connectivity index is 3.21. The number of benzene rings is 1. The molecule has 1 rings (SSSR count). The maximum Gasteiger partial charge on any atom is 0.337 e. The second-order valence-corrected chi connectivity index (χ2v) is 6.31. The predicted octanol–water partition coefficient (Wildman–Crippen LogP) is 2.92. The molecule has 0 saturated carbocycles. The first-order chi connectivity index (χ1) is 8.79. The molecule has 4 nitrogen and oxygen atoms in total. The van der Waals surface area contributed by atoms with Crippen molar-refractivity contribution in [1.82, 2.24) is 0 Å². The smallest absolute Gasteiger partial charge is 0.337 e. The highest BCUT2D eigenvalue weighted by Crippen LogP contribution is 2.25. The summed E-state index contributed by atoms with van der Waals surface area (Å²) in [4.78, 5) is 10.5. The highest BCUT2D eigenvalue weighted by Gasteiger charge is 2.21. The molecule has 0 saturated heterocycles. The molecule has 1 aromatic carbocycles. The van der Waals surface area contributed by atoms with Gasteiger partial charge in [0.05, 0.1) is 21.2 Å².